The average molecular weight is 386 g/mol. The highest BCUT2D eigenvalue weighted by atomic mass is 32.1. The van der Waals surface area contributed by atoms with Crippen LogP contribution in [0.25, 0.3) is 16.2 Å². The number of methoxy groups -OCH3 is 1. The second-order valence-corrected chi connectivity index (χ2v) is 7.18. The molecule has 3 heterocycles. The number of nitrogens with zero attached hydrogens (tertiary/aromatic N) is 3. The molecule has 0 aliphatic carbocycles. The number of ether oxygens (including phenoxy) is 2. The fraction of sp³-hybridized carbons (Fsp3) is 0.368. The fourth-order valence-electron chi connectivity index (χ4n) is 3.11. The molecule has 27 heavy (non-hydrogen) atoms. The highest BCUT2D eigenvalue weighted by molar-refractivity contribution is 7.15. The van der Waals surface area contributed by atoms with E-state index in [9.17, 15) is 4.79 Å². The number of aromatic nitrogens is 2. The van der Waals surface area contributed by atoms with Gasteiger partial charge in [0.05, 0.1) is 26.0 Å². The number of imidazole rings is 1. The maximum absolute atomic E-state index is 12.6. The summed E-state index contributed by atoms with van der Waals surface area (Å²) >= 11 is 1.46. The first-order valence-corrected chi connectivity index (χ1v) is 9.82. The molecule has 0 bridgehead atoms. The minimum absolute atomic E-state index is 0.0795. The molecule has 1 amide bonds. The predicted molar refractivity (Wildman–Crippen MR) is 105 cm³/mol. The number of carbonyl (C=O) groups excluding carboxylic acids is 1. The molecule has 1 fully saturated rings. The van der Waals surface area contributed by atoms with Crippen molar-refractivity contribution < 1.29 is 14.3 Å². The van der Waals surface area contributed by atoms with E-state index >= 15 is 0 Å². The van der Waals surface area contributed by atoms with Crippen molar-refractivity contribution >= 4 is 22.2 Å². The van der Waals surface area contributed by atoms with Crippen LogP contribution in [0.1, 0.15) is 10.5 Å². The topological polar surface area (TPSA) is 68.1 Å². The predicted octanol–water partition coefficient (Wildman–Crippen LogP) is 2.13. The van der Waals surface area contributed by atoms with Crippen LogP contribution < -0.4 is 10.1 Å². The minimum Gasteiger partial charge on any atom is -0.497 e. The summed E-state index contributed by atoms with van der Waals surface area (Å²) in [5.74, 6) is 0.703. The summed E-state index contributed by atoms with van der Waals surface area (Å²) in [7, 11) is 1.64. The Balaban J connectivity index is 1.45. The van der Waals surface area contributed by atoms with Gasteiger partial charge in [0.15, 0.2) is 4.96 Å². The molecular weight excluding hydrogens is 364 g/mol. The van der Waals surface area contributed by atoms with Crippen LogP contribution >= 0.6 is 11.3 Å². The summed E-state index contributed by atoms with van der Waals surface area (Å²) < 4.78 is 12.5. The average Bonchev–Trinajstić information content (AvgIpc) is 3.29. The lowest BCUT2D eigenvalue weighted by Crippen LogP contribution is -2.41. The molecule has 0 spiro atoms. The van der Waals surface area contributed by atoms with Crippen LogP contribution in [0.5, 0.6) is 5.75 Å². The van der Waals surface area contributed by atoms with E-state index in [1.807, 2.05) is 40.2 Å². The molecule has 4 rings (SSSR count). The summed E-state index contributed by atoms with van der Waals surface area (Å²) in [6.45, 7) is 4.82. The molecule has 2 aromatic heterocycles. The number of nitrogens with one attached hydrogen (secondary N) is 1. The van der Waals surface area contributed by atoms with Gasteiger partial charge in [-0.3, -0.25) is 14.1 Å². The quantitative estimate of drug-likeness (QED) is 0.703. The molecule has 0 atom stereocenters. The smallest absolute Gasteiger partial charge is 0.269 e. The van der Waals surface area contributed by atoms with Gasteiger partial charge in [0.1, 0.15) is 11.4 Å². The van der Waals surface area contributed by atoms with Gasteiger partial charge in [-0.05, 0) is 12.1 Å². The first-order chi connectivity index (χ1) is 13.2. The Morgan fingerprint density at radius 3 is 3.04 bits per heavy atom. The Bertz CT molecular complexity index is 930. The monoisotopic (exact) mass is 386 g/mol. The molecule has 1 aliphatic rings. The van der Waals surface area contributed by atoms with Crippen LogP contribution in [0.2, 0.25) is 0 Å². The number of benzene rings is 1. The molecule has 0 saturated carbocycles. The highest BCUT2D eigenvalue weighted by Crippen LogP contribution is 2.26. The SMILES string of the molecule is COc1cccc(-c2cn3c(C(=O)NCCN4CCOCC4)csc3n2)c1. The van der Waals surface area contributed by atoms with Crippen molar-refractivity contribution in [3.05, 3.63) is 41.5 Å². The normalized spacial score (nSPS) is 15.1. The summed E-state index contributed by atoms with van der Waals surface area (Å²) in [6, 6.07) is 7.75. The van der Waals surface area contributed by atoms with Crippen LogP contribution in [0.15, 0.2) is 35.8 Å². The molecule has 1 aromatic carbocycles. The van der Waals surface area contributed by atoms with Crippen molar-refractivity contribution in [3.8, 4) is 17.0 Å². The first kappa shape index (κ1) is 18.0. The summed E-state index contributed by atoms with van der Waals surface area (Å²) in [5, 5.41) is 4.86. The zero-order chi connectivity index (χ0) is 18.6. The molecule has 8 heteroatoms. The Kier molecular flexibility index (Phi) is 5.38. The zero-order valence-corrected chi connectivity index (χ0v) is 16.0. The Morgan fingerprint density at radius 2 is 2.22 bits per heavy atom. The van der Waals surface area contributed by atoms with Crippen molar-refractivity contribution in [2.75, 3.05) is 46.5 Å². The number of hydrogen-bond donors (Lipinski definition) is 1. The highest BCUT2D eigenvalue weighted by Gasteiger charge is 2.16. The largest absolute Gasteiger partial charge is 0.497 e. The van der Waals surface area contributed by atoms with E-state index in [-0.39, 0.29) is 5.91 Å². The van der Waals surface area contributed by atoms with Crippen molar-refractivity contribution in [2.24, 2.45) is 0 Å². The minimum atomic E-state index is -0.0795. The lowest BCUT2D eigenvalue weighted by molar-refractivity contribution is 0.0383. The molecule has 1 N–H and O–H groups in total. The Morgan fingerprint density at radius 1 is 1.37 bits per heavy atom. The molecule has 1 saturated heterocycles. The maximum Gasteiger partial charge on any atom is 0.269 e. The first-order valence-electron chi connectivity index (χ1n) is 8.94. The van der Waals surface area contributed by atoms with E-state index < -0.39 is 0 Å². The van der Waals surface area contributed by atoms with Crippen LogP contribution in [0.3, 0.4) is 0 Å². The molecule has 1 aliphatic heterocycles. The van der Waals surface area contributed by atoms with Gasteiger partial charge in [0.2, 0.25) is 0 Å². The lowest BCUT2D eigenvalue weighted by atomic mass is 10.1. The van der Waals surface area contributed by atoms with Crippen LogP contribution in [-0.4, -0.2) is 66.7 Å². The number of carbonyl (C=O) groups is 1. The van der Waals surface area contributed by atoms with Gasteiger partial charge in [-0.15, -0.1) is 11.3 Å². The van der Waals surface area contributed by atoms with E-state index in [4.69, 9.17) is 9.47 Å². The summed E-state index contributed by atoms with van der Waals surface area (Å²) in [6.07, 6.45) is 1.90. The number of thiazole rings is 1. The molecular formula is C19H22N4O3S. The van der Waals surface area contributed by atoms with Crippen molar-refractivity contribution in [1.29, 1.82) is 0 Å². The van der Waals surface area contributed by atoms with Gasteiger partial charge in [0, 0.05) is 43.3 Å². The van der Waals surface area contributed by atoms with Gasteiger partial charge in [-0.25, -0.2) is 4.98 Å². The number of rotatable bonds is 6. The Hall–Kier alpha value is -2.42. The maximum atomic E-state index is 12.6. The Labute approximate surface area is 161 Å². The summed E-state index contributed by atoms with van der Waals surface area (Å²) in [4.78, 5) is 20.3. The molecule has 7 nitrogen and oxygen atoms in total. The number of fused-ring (bicyclic) bond motifs is 1. The van der Waals surface area contributed by atoms with Crippen LogP contribution in [0.4, 0.5) is 0 Å². The third-order valence-corrected chi connectivity index (χ3v) is 5.46. The van der Waals surface area contributed by atoms with Gasteiger partial charge in [-0.1, -0.05) is 12.1 Å². The zero-order valence-electron chi connectivity index (χ0n) is 15.2. The van der Waals surface area contributed by atoms with Crippen molar-refractivity contribution in [2.45, 2.75) is 0 Å². The van der Waals surface area contributed by atoms with E-state index in [0.717, 1.165) is 54.8 Å². The van der Waals surface area contributed by atoms with E-state index in [1.165, 1.54) is 11.3 Å². The molecule has 0 radical (unpaired) electrons. The van der Waals surface area contributed by atoms with E-state index in [2.05, 4.69) is 15.2 Å². The van der Waals surface area contributed by atoms with Crippen LogP contribution in [0, 0.1) is 0 Å². The van der Waals surface area contributed by atoms with Gasteiger partial charge < -0.3 is 14.8 Å². The second kappa shape index (κ2) is 8.08. The van der Waals surface area contributed by atoms with Gasteiger partial charge in [0.25, 0.3) is 5.91 Å². The third kappa shape index (κ3) is 3.97. The number of amides is 1. The van der Waals surface area contributed by atoms with Crippen LogP contribution in [-0.2, 0) is 4.74 Å². The number of hydrogen-bond acceptors (Lipinski definition) is 6. The standard InChI is InChI=1S/C19H22N4O3S/c1-25-15-4-2-3-14(11-15)16-12-23-17(13-27-19(23)21-16)18(24)20-5-6-22-7-9-26-10-8-22/h2-4,11-13H,5-10H2,1H3,(H,20,24). The second-order valence-electron chi connectivity index (χ2n) is 6.34. The van der Waals surface area contributed by atoms with Crippen molar-refractivity contribution in [1.82, 2.24) is 19.6 Å². The molecule has 3 aromatic rings. The molecule has 0 unspecified atom stereocenters. The van der Waals surface area contributed by atoms with Crippen molar-refractivity contribution in [3.63, 3.8) is 0 Å². The third-order valence-electron chi connectivity index (χ3n) is 4.62. The fourth-order valence-corrected chi connectivity index (χ4v) is 3.96. The van der Waals surface area contributed by atoms with E-state index in [1.54, 1.807) is 7.11 Å². The van der Waals surface area contributed by atoms with Gasteiger partial charge in [-0.2, -0.15) is 0 Å². The number of morpholine rings is 1. The van der Waals surface area contributed by atoms with E-state index in [0.29, 0.717) is 12.2 Å². The summed E-state index contributed by atoms with van der Waals surface area (Å²) in [5.41, 5.74) is 2.39. The molecule has 142 valence electrons. The van der Waals surface area contributed by atoms with Gasteiger partial charge >= 0.3 is 0 Å². The lowest BCUT2D eigenvalue weighted by Gasteiger charge is -2.26.